The van der Waals surface area contributed by atoms with Gasteiger partial charge in [0.25, 0.3) is 11.6 Å². The molecule has 0 aliphatic carbocycles. The molecule has 0 aliphatic heterocycles. The summed E-state index contributed by atoms with van der Waals surface area (Å²) in [4.78, 5) is 34.0. The van der Waals surface area contributed by atoms with Gasteiger partial charge in [0.1, 0.15) is 5.75 Å². The van der Waals surface area contributed by atoms with Crippen LogP contribution < -0.4 is 9.64 Å². The Morgan fingerprint density at radius 1 is 1.20 bits per heavy atom. The third kappa shape index (κ3) is 3.96. The van der Waals surface area contributed by atoms with E-state index in [1.807, 2.05) is 24.3 Å². The fourth-order valence-electron chi connectivity index (χ4n) is 2.92. The number of hydrogen-bond acceptors (Lipinski definition) is 7. The van der Waals surface area contributed by atoms with Crippen LogP contribution in [-0.2, 0) is 6.54 Å². The van der Waals surface area contributed by atoms with Gasteiger partial charge < -0.3 is 4.74 Å². The van der Waals surface area contributed by atoms with E-state index >= 15 is 0 Å². The number of methoxy groups -OCH3 is 1. The maximum atomic E-state index is 13.3. The second kappa shape index (κ2) is 8.26. The lowest BCUT2D eigenvalue weighted by Crippen LogP contribution is -2.30. The average molecular weight is 420 g/mol. The summed E-state index contributed by atoms with van der Waals surface area (Å²) in [5.74, 6) is 0.401. The van der Waals surface area contributed by atoms with Gasteiger partial charge in [-0.1, -0.05) is 17.4 Å². The maximum absolute atomic E-state index is 13.3. The molecule has 1 amide bonds. The minimum Gasteiger partial charge on any atom is -0.497 e. The van der Waals surface area contributed by atoms with E-state index in [0.717, 1.165) is 15.8 Å². The molecule has 4 rings (SSSR count). The van der Waals surface area contributed by atoms with Crippen LogP contribution >= 0.6 is 11.3 Å². The van der Waals surface area contributed by atoms with Crippen LogP contribution in [-0.4, -0.2) is 27.9 Å². The molecular formula is C21H16N4O4S. The van der Waals surface area contributed by atoms with Gasteiger partial charge in [0.05, 0.1) is 28.8 Å². The first-order valence-electron chi connectivity index (χ1n) is 8.95. The van der Waals surface area contributed by atoms with Crippen molar-refractivity contribution in [1.29, 1.82) is 0 Å². The zero-order valence-corrected chi connectivity index (χ0v) is 16.7. The molecule has 0 N–H and O–H groups in total. The fraction of sp³-hybridized carbons (Fsp3) is 0.0952. The van der Waals surface area contributed by atoms with E-state index in [1.54, 1.807) is 30.5 Å². The molecular weight excluding hydrogens is 404 g/mol. The van der Waals surface area contributed by atoms with Gasteiger partial charge >= 0.3 is 0 Å². The Bertz CT molecular complexity index is 1210. The molecule has 0 spiro atoms. The lowest BCUT2D eigenvalue weighted by Gasteiger charge is -2.20. The van der Waals surface area contributed by atoms with Crippen LogP contribution in [0.3, 0.4) is 0 Å². The van der Waals surface area contributed by atoms with E-state index in [-0.39, 0.29) is 18.1 Å². The molecule has 0 fully saturated rings. The van der Waals surface area contributed by atoms with E-state index in [9.17, 15) is 14.9 Å². The highest BCUT2D eigenvalue weighted by atomic mass is 32.1. The summed E-state index contributed by atoms with van der Waals surface area (Å²) in [6, 6.07) is 14.7. The van der Waals surface area contributed by atoms with E-state index in [2.05, 4.69) is 9.97 Å². The first-order chi connectivity index (χ1) is 14.5. The topological polar surface area (TPSA) is 98.5 Å². The lowest BCUT2D eigenvalue weighted by molar-refractivity contribution is -0.384. The number of nitro groups is 1. The highest BCUT2D eigenvalue weighted by Crippen LogP contribution is 2.33. The number of aromatic nitrogens is 2. The summed E-state index contributed by atoms with van der Waals surface area (Å²) in [6.07, 6.45) is 3.35. The standard InChI is InChI=1S/C21H16N4O4S/c1-29-17-8-9-18-19(11-17)30-21(23-18)24(13-14-3-2-10-22-12-14)20(26)15-4-6-16(7-5-15)25(27)28/h2-12H,13H2,1H3. The first kappa shape index (κ1) is 19.5. The Hall–Kier alpha value is -3.85. The highest BCUT2D eigenvalue weighted by Gasteiger charge is 2.22. The van der Waals surface area contributed by atoms with Gasteiger partial charge in [-0.25, -0.2) is 4.98 Å². The number of pyridine rings is 1. The van der Waals surface area contributed by atoms with Crippen molar-refractivity contribution >= 4 is 38.3 Å². The number of anilines is 1. The zero-order chi connectivity index (χ0) is 21.1. The maximum Gasteiger partial charge on any atom is 0.269 e. The summed E-state index contributed by atoms with van der Waals surface area (Å²) in [6.45, 7) is 0.265. The summed E-state index contributed by atoms with van der Waals surface area (Å²) < 4.78 is 6.16. The smallest absolute Gasteiger partial charge is 0.269 e. The predicted molar refractivity (Wildman–Crippen MR) is 114 cm³/mol. The Morgan fingerprint density at radius 2 is 2.00 bits per heavy atom. The van der Waals surface area contributed by atoms with E-state index < -0.39 is 4.92 Å². The third-order valence-electron chi connectivity index (χ3n) is 4.45. The monoisotopic (exact) mass is 420 g/mol. The van der Waals surface area contributed by atoms with Gasteiger partial charge in [0, 0.05) is 30.1 Å². The number of benzene rings is 2. The quantitative estimate of drug-likeness (QED) is 0.337. The largest absolute Gasteiger partial charge is 0.497 e. The molecule has 0 bridgehead atoms. The third-order valence-corrected chi connectivity index (χ3v) is 5.49. The molecule has 0 unspecified atom stereocenters. The summed E-state index contributed by atoms with van der Waals surface area (Å²) in [5.41, 5.74) is 1.85. The molecule has 2 heterocycles. The second-order valence-electron chi connectivity index (χ2n) is 6.39. The van der Waals surface area contributed by atoms with Crippen molar-refractivity contribution in [1.82, 2.24) is 9.97 Å². The number of thiazole rings is 1. The van der Waals surface area contributed by atoms with Crippen LogP contribution in [0, 0.1) is 10.1 Å². The van der Waals surface area contributed by atoms with E-state index in [1.165, 1.54) is 35.6 Å². The van der Waals surface area contributed by atoms with Crippen molar-refractivity contribution in [3.05, 3.63) is 88.2 Å². The lowest BCUT2D eigenvalue weighted by atomic mass is 10.1. The number of ether oxygens (including phenoxy) is 1. The Kier molecular flexibility index (Phi) is 5.36. The SMILES string of the molecule is COc1ccc2nc(N(Cc3cccnc3)C(=O)c3ccc([N+](=O)[O-])cc3)sc2c1. The van der Waals surface area contributed by atoms with Crippen LogP contribution in [0.4, 0.5) is 10.8 Å². The summed E-state index contributed by atoms with van der Waals surface area (Å²) in [7, 11) is 1.59. The molecule has 0 atom stereocenters. The van der Waals surface area contributed by atoms with Crippen molar-refractivity contribution in [2.24, 2.45) is 0 Å². The van der Waals surface area contributed by atoms with Crippen LogP contribution in [0.1, 0.15) is 15.9 Å². The number of nitro benzene ring substituents is 1. The molecule has 150 valence electrons. The second-order valence-corrected chi connectivity index (χ2v) is 7.40. The Balaban J connectivity index is 1.74. The molecule has 9 heteroatoms. The van der Waals surface area contributed by atoms with Crippen molar-refractivity contribution < 1.29 is 14.5 Å². The number of non-ortho nitro benzene ring substituents is 1. The highest BCUT2D eigenvalue weighted by molar-refractivity contribution is 7.22. The Morgan fingerprint density at radius 3 is 2.67 bits per heavy atom. The molecule has 0 saturated carbocycles. The van der Waals surface area contributed by atoms with Crippen LogP contribution in [0.5, 0.6) is 5.75 Å². The zero-order valence-electron chi connectivity index (χ0n) is 15.9. The molecule has 30 heavy (non-hydrogen) atoms. The number of rotatable bonds is 6. The number of hydrogen-bond donors (Lipinski definition) is 0. The van der Waals surface area contributed by atoms with Crippen molar-refractivity contribution in [2.75, 3.05) is 12.0 Å². The van der Waals surface area contributed by atoms with Crippen molar-refractivity contribution in [3.63, 3.8) is 0 Å². The van der Waals surface area contributed by atoms with Gasteiger partial charge in [-0.2, -0.15) is 0 Å². The van der Waals surface area contributed by atoms with Gasteiger partial charge in [0.2, 0.25) is 0 Å². The summed E-state index contributed by atoms with van der Waals surface area (Å²) >= 11 is 1.37. The van der Waals surface area contributed by atoms with Crippen LogP contribution in [0.2, 0.25) is 0 Å². The van der Waals surface area contributed by atoms with Crippen molar-refractivity contribution in [2.45, 2.75) is 6.54 Å². The average Bonchev–Trinajstić information content (AvgIpc) is 3.20. The van der Waals surface area contributed by atoms with Crippen LogP contribution in [0.25, 0.3) is 10.2 Å². The number of fused-ring (bicyclic) bond motifs is 1. The van der Waals surface area contributed by atoms with Gasteiger partial charge in [0.15, 0.2) is 5.13 Å². The van der Waals surface area contributed by atoms with Crippen LogP contribution in [0.15, 0.2) is 67.0 Å². The minimum absolute atomic E-state index is 0.0718. The summed E-state index contributed by atoms with van der Waals surface area (Å²) in [5, 5.41) is 11.4. The molecule has 0 saturated heterocycles. The Labute approximate surface area is 175 Å². The molecule has 2 aromatic heterocycles. The number of amides is 1. The molecule has 0 aliphatic rings. The fourth-order valence-corrected chi connectivity index (χ4v) is 3.91. The predicted octanol–water partition coefficient (Wildman–Crippen LogP) is 4.46. The van der Waals surface area contributed by atoms with Gasteiger partial charge in [-0.15, -0.1) is 0 Å². The van der Waals surface area contributed by atoms with Crippen molar-refractivity contribution in [3.8, 4) is 5.75 Å². The number of carbonyl (C=O) groups is 1. The van der Waals surface area contributed by atoms with Gasteiger partial charge in [-0.05, 0) is 42.0 Å². The van der Waals surface area contributed by atoms with Gasteiger partial charge in [-0.3, -0.25) is 24.8 Å². The molecule has 4 aromatic rings. The van der Waals surface area contributed by atoms with E-state index in [4.69, 9.17) is 4.74 Å². The molecule has 8 nitrogen and oxygen atoms in total. The first-order valence-corrected chi connectivity index (χ1v) is 9.76. The number of nitrogens with zero attached hydrogens (tertiary/aromatic N) is 4. The molecule has 0 radical (unpaired) electrons. The van der Waals surface area contributed by atoms with E-state index in [0.29, 0.717) is 16.4 Å². The number of carbonyl (C=O) groups excluding carboxylic acids is 1. The molecule has 2 aromatic carbocycles. The minimum atomic E-state index is -0.497. The normalized spacial score (nSPS) is 10.7.